The summed E-state index contributed by atoms with van der Waals surface area (Å²) >= 11 is 8.97. The number of thiazole rings is 1. The molecule has 0 fully saturated rings. The van der Waals surface area contributed by atoms with Gasteiger partial charge in [-0.1, -0.05) is 65.8 Å². The second-order valence-electron chi connectivity index (χ2n) is 6.82. The summed E-state index contributed by atoms with van der Waals surface area (Å²) in [6.45, 7) is 0. The van der Waals surface area contributed by atoms with Gasteiger partial charge in [-0.2, -0.15) is 0 Å². The van der Waals surface area contributed by atoms with E-state index < -0.39 is 0 Å². The monoisotopic (exact) mass is 477 g/mol. The molecule has 5 nitrogen and oxygen atoms in total. The Labute approximate surface area is 197 Å². The van der Waals surface area contributed by atoms with E-state index in [4.69, 9.17) is 26.0 Å². The Morgan fingerprint density at radius 3 is 2.53 bits per heavy atom. The molecule has 5 aromatic rings. The second kappa shape index (κ2) is 9.16. The predicted octanol–water partition coefficient (Wildman–Crippen LogP) is 7.00. The van der Waals surface area contributed by atoms with Gasteiger partial charge in [-0.15, -0.1) is 11.3 Å². The van der Waals surface area contributed by atoms with Crippen molar-refractivity contribution in [2.45, 2.75) is 5.09 Å². The van der Waals surface area contributed by atoms with Crippen molar-refractivity contribution in [1.29, 1.82) is 0 Å². The molecule has 0 saturated carbocycles. The van der Waals surface area contributed by atoms with Gasteiger partial charge in [0.25, 0.3) is 0 Å². The zero-order valence-electron chi connectivity index (χ0n) is 16.6. The number of aromatic nitrogens is 2. The summed E-state index contributed by atoms with van der Waals surface area (Å²) in [6, 6.07) is 24.7. The Morgan fingerprint density at radius 1 is 0.969 bits per heavy atom. The highest BCUT2D eigenvalue weighted by molar-refractivity contribution is 8.00. The Bertz CT molecular complexity index is 1370. The lowest BCUT2D eigenvalue weighted by Crippen LogP contribution is -2.14. The molecule has 0 radical (unpaired) electrons. The highest BCUT2D eigenvalue weighted by Crippen LogP contribution is 2.38. The van der Waals surface area contributed by atoms with Gasteiger partial charge in [0.05, 0.1) is 26.7 Å². The molecule has 0 spiro atoms. The number of amides is 1. The molecule has 0 aliphatic carbocycles. The minimum Gasteiger partial charge on any atom is -0.429 e. The maximum absolute atomic E-state index is 12.5. The molecule has 3 aromatic carbocycles. The van der Waals surface area contributed by atoms with Crippen LogP contribution in [0.4, 0.5) is 5.69 Å². The normalized spacial score (nSPS) is 11.0. The largest absolute Gasteiger partial charge is 0.429 e. The van der Waals surface area contributed by atoms with E-state index in [1.54, 1.807) is 23.5 Å². The van der Waals surface area contributed by atoms with E-state index in [1.807, 2.05) is 66.7 Å². The first kappa shape index (κ1) is 20.8. The molecule has 1 N–H and O–H groups in total. The molecule has 5 rings (SSSR count). The summed E-state index contributed by atoms with van der Waals surface area (Å²) in [6.07, 6.45) is 0. The van der Waals surface area contributed by atoms with Crippen LogP contribution in [0.5, 0.6) is 0 Å². The molecule has 0 aliphatic rings. The lowest BCUT2D eigenvalue weighted by molar-refractivity contribution is -0.113. The summed E-state index contributed by atoms with van der Waals surface area (Å²) in [7, 11) is 0. The zero-order chi connectivity index (χ0) is 21.9. The van der Waals surface area contributed by atoms with Gasteiger partial charge in [0.1, 0.15) is 5.01 Å². The standard InChI is InChI=1S/C24H16ClN3O2S2/c25-16-10-4-5-11-17(16)26-20(29)14-31-24-21(23-27-18-12-6-7-13-19(18)32-23)28-22(30-24)15-8-2-1-3-9-15/h1-13H,14H2,(H,26,29). The van der Waals surface area contributed by atoms with Gasteiger partial charge < -0.3 is 9.73 Å². The molecule has 158 valence electrons. The average Bonchev–Trinajstić information content (AvgIpc) is 3.44. The second-order valence-corrected chi connectivity index (χ2v) is 9.21. The van der Waals surface area contributed by atoms with Crippen LogP contribution in [-0.2, 0) is 4.79 Å². The van der Waals surface area contributed by atoms with Crippen molar-refractivity contribution in [3.8, 4) is 22.2 Å². The Balaban J connectivity index is 1.44. The molecule has 1 amide bonds. The van der Waals surface area contributed by atoms with Crippen molar-refractivity contribution in [1.82, 2.24) is 9.97 Å². The van der Waals surface area contributed by atoms with Gasteiger partial charge in [-0.3, -0.25) is 4.79 Å². The number of hydrogen-bond donors (Lipinski definition) is 1. The zero-order valence-corrected chi connectivity index (χ0v) is 19.0. The number of para-hydroxylation sites is 2. The van der Waals surface area contributed by atoms with Gasteiger partial charge >= 0.3 is 0 Å². The molecule has 0 saturated heterocycles. The maximum Gasteiger partial charge on any atom is 0.234 e. The number of thioether (sulfide) groups is 1. The first-order valence-corrected chi connectivity index (χ1v) is 11.9. The van der Waals surface area contributed by atoms with Gasteiger partial charge in [-0.25, -0.2) is 9.97 Å². The summed E-state index contributed by atoms with van der Waals surface area (Å²) in [5.41, 5.74) is 2.99. The first-order chi connectivity index (χ1) is 15.7. The third kappa shape index (κ3) is 4.41. The fourth-order valence-electron chi connectivity index (χ4n) is 3.10. The molecule has 0 bridgehead atoms. The van der Waals surface area contributed by atoms with Gasteiger partial charge in [0.2, 0.25) is 11.8 Å². The van der Waals surface area contributed by atoms with Crippen LogP contribution in [0.15, 0.2) is 88.4 Å². The molecule has 2 aromatic heterocycles. The summed E-state index contributed by atoms with van der Waals surface area (Å²) in [4.78, 5) is 22.0. The van der Waals surface area contributed by atoms with Crippen molar-refractivity contribution in [2.24, 2.45) is 0 Å². The lowest BCUT2D eigenvalue weighted by Gasteiger charge is -2.06. The fraction of sp³-hybridized carbons (Fsp3) is 0.0417. The van der Waals surface area contributed by atoms with Crippen molar-refractivity contribution in [2.75, 3.05) is 11.1 Å². The molecule has 2 heterocycles. The summed E-state index contributed by atoms with van der Waals surface area (Å²) in [5.74, 6) is 0.455. The Hall–Kier alpha value is -3.13. The number of oxazole rings is 1. The van der Waals surface area contributed by atoms with E-state index in [9.17, 15) is 4.79 Å². The van der Waals surface area contributed by atoms with E-state index in [-0.39, 0.29) is 11.7 Å². The summed E-state index contributed by atoms with van der Waals surface area (Å²) < 4.78 is 7.16. The minimum atomic E-state index is -0.184. The third-order valence-electron chi connectivity index (χ3n) is 4.60. The van der Waals surface area contributed by atoms with Crippen molar-refractivity contribution in [3.63, 3.8) is 0 Å². The van der Waals surface area contributed by atoms with Gasteiger partial charge in [-0.05, 0) is 36.4 Å². The highest BCUT2D eigenvalue weighted by Gasteiger charge is 2.21. The average molecular weight is 478 g/mol. The highest BCUT2D eigenvalue weighted by atomic mass is 35.5. The van der Waals surface area contributed by atoms with Crippen LogP contribution in [-0.4, -0.2) is 21.6 Å². The molecule has 0 atom stereocenters. The number of hydrogen-bond acceptors (Lipinski definition) is 6. The SMILES string of the molecule is O=C(CSc1oc(-c2ccccc2)nc1-c1nc2ccccc2s1)Nc1ccccc1Cl. The summed E-state index contributed by atoms with van der Waals surface area (Å²) in [5, 5.41) is 4.63. The van der Waals surface area contributed by atoms with Gasteiger partial charge in [0, 0.05) is 5.56 Å². The quantitative estimate of drug-likeness (QED) is 0.266. The minimum absolute atomic E-state index is 0.145. The van der Waals surface area contributed by atoms with E-state index in [2.05, 4.69) is 5.32 Å². The van der Waals surface area contributed by atoms with E-state index in [1.165, 1.54) is 11.8 Å². The number of nitrogens with one attached hydrogen (secondary N) is 1. The molecule has 0 unspecified atom stereocenters. The number of anilines is 1. The maximum atomic E-state index is 12.5. The van der Waals surface area contributed by atoms with Crippen LogP contribution in [0.3, 0.4) is 0 Å². The number of rotatable bonds is 6. The Morgan fingerprint density at radius 2 is 1.72 bits per heavy atom. The number of fused-ring (bicyclic) bond motifs is 1. The van der Waals surface area contributed by atoms with Crippen LogP contribution in [0.25, 0.3) is 32.4 Å². The number of carbonyl (C=O) groups excluding carboxylic acids is 1. The predicted molar refractivity (Wildman–Crippen MR) is 131 cm³/mol. The smallest absolute Gasteiger partial charge is 0.234 e. The van der Waals surface area contributed by atoms with Crippen LogP contribution < -0.4 is 5.32 Å². The lowest BCUT2D eigenvalue weighted by atomic mass is 10.2. The number of nitrogens with zero attached hydrogens (tertiary/aromatic N) is 2. The number of halogens is 1. The number of carbonyl (C=O) groups is 1. The van der Waals surface area contributed by atoms with Crippen LogP contribution in [0.2, 0.25) is 5.02 Å². The van der Waals surface area contributed by atoms with Crippen LogP contribution in [0, 0.1) is 0 Å². The van der Waals surface area contributed by atoms with Crippen molar-refractivity contribution >= 4 is 56.5 Å². The molecule has 32 heavy (non-hydrogen) atoms. The van der Waals surface area contributed by atoms with Gasteiger partial charge in [0.15, 0.2) is 10.8 Å². The fourth-order valence-corrected chi connectivity index (χ4v) is 5.05. The van der Waals surface area contributed by atoms with Crippen molar-refractivity contribution < 1.29 is 9.21 Å². The van der Waals surface area contributed by atoms with E-state index in [0.29, 0.717) is 27.4 Å². The molecule has 0 aliphatic heterocycles. The molecule has 8 heteroatoms. The third-order valence-corrected chi connectivity index (χ3v) is 6.91. The first-order valence-electron chi connectivity index (χ1n) is 9.77. The Kier molecular flexibility index (Phi) is 5.94. The molecular weight excluding hydrogens is 462 g/mol. The van der Waals surface area contributed by atoms with E-state index in [0.717, 1.165) is 20.8 Å². The number of benzene rings is 3. The van der Waals surface area contributed by atoms with Crippen LogP contribution in [0.1, 0.15) is 0 Å². The van der Waals surface area contributed by atoms with E-state index >= 15 is 0 Å². The van der Waals surface area contributed by atoms with Crippen molar-refractivity contribution in [3.05, 3.63) is 83.9 Å². The van der Waals surface area contributed by atoms with Crippen LogP contribution >= 0.6 is 34.7 Å². The topological polar surface area (TPSA) is 68.0 Å². The molecular formula is C24H16ClN3O2S2.